The molecule has 2 N–H and O–H groups in total. The molecule has 1 atom stereocenters. The van der Waals surface area contributed by atoms with Crippen LogP contribution in [0, 0.1) is 19.7 Å². The van der Waals surface area contributed by atoms with E-state index in [1.807, 2.05) is 26.0 Å². The normalized spacial score (nSPS) is 15.3. The lowest BCUT2D eigenvalue weighted by molar-refractivity contribution is 0.474. The predicted molar refractivity (Wildman–Crippen MR) is 57.7 cm³/mol. The molecular weight excluding hydrogens is 177 g/mol. The van der Waals surface area contributed by atoms with Crippen LogP contribution < -0.4 is 5.73 Å². The molecule has 1 rings (SSSR count). The quantitative estimate of drug-likeness (QED) is 0.771. The summed E-state index contributed by atoms with van der Waals surface area (Å²) >= 11 is 0. The van der Waals surface area contributed by atoms with Gasteiger partial charge >= 0.3 is 0 Å². The maximum Gasteiger partial charge on any atom is 0.129 e. The van der Waals surface area contributed by atoms with Crippen molar-refractivity contribution in [2.45, 2.75) is 39.7 Å². The van der Waals surface area contributed by atoms with Crippen molar-refractivity contribution in [2.24, 2.45) is 5.73 Å². The highest BCUT2D eigenvalue weighted by Gasteiger charge is 2.20. The number of aryl methyl sites for hydroxylation is 2. The summed E-state index contributed by atoms with van der Waals surface area (Å²) in [7, 11) is 0. The molecule has 0 radical (unpaired) electrons. The summed E-state index contributed by atoms with van der Waals surface area (Å²) in [5.74, 6) is -0.124. The van der Waals surface area contributed by atoms with Gasteiger partial charge in [0.05, 0.1) is 0 Å². The maximum absolute atomic E-state index is 13.4. The molecule has 0 aromatic heterocycles. The number of benzene rings is 1. The maximum atomic E-state index is 13.4. The fourth-order valence-electron chi connectivity index (χ4n) is 1.48. The second kappa shape index (κ2) is 3.70. The molecule has 0 bridgehead atoms. The third kappa shape index (κ3) is 1.95. The third-order valence-electron chi connectivity index (χ3n) is 2.83. The lowest BCUT2D eigenvalue weighted by Crippen LogP contribution is -2.32. The summed E-state index contributed by atoms with van der Waals surface area (Å²) in [5.41, 5.74) is 8.10. The van der Waals surface area contributed by atoms with E-state index in [0.29, 0.717) is 11.1 Å². The van der Waals surface area contributed by atoms with E-state index < -0.39 is 0 Å². The van der Waals surface area contributed by atoms with Gasteiger partial charge in [0.2, 0.25) is 0 Å². The number of hydrogen-bond acceptors (Lipinski definition) is 1. The van der Waals surface area contributed by atoms with Crippen LogP contribution in [0.5, 0.6) is 0 Å². The summed E-state index contributed by atoms with van der Waals surface area (Å²) in [4.78, 5) is 0. The molecular formula is C12H18FN. The molecule has 1 unspecified atom stereocenters. The Hall–Kier alpha value is -0.890. The summed E-state index contributed by atoms with van der Waals surface area (Å²) in [5, 5.41) is 0. The Kier molecular flexibility index (Phi) is 2.95. The minimum atomic E-state index is -0.358. The molecule has 1 aromatic rings. The smallest absolute Gasteiger partial charge is 0.129 e. The Morgan fingerprint density at radius 1 is 1.29 bits per heavy atom. The van der Waals surface area contributed by atoms with Crippen LogP contribution in [0.25, 0.3) is 0 Å². The van der Waals surface area contributed by atoms with Gasteiger partial charge in [0.25, 0.3) is 0 Å². The van der Waals surface area contributed by atoms with E-state index in [1.54, 1.807) is 13.8 Å². The topological polar surface area (TPSA) is 26.0 Å². The highest BCUT2D eigenvalue weighted by Crippen LogP contribution is 2.25. The van der Waals surface area contributed by atoms with Gasteiger partial charge in [-0.15, -0.1) is 0 Å². The van der Waals surface area contributed by atoms with Gasteiger partial charge in [-0.3, -0.25) is 0 Å². The SMILES string of the molecule is CCC(C)(N)c1cc(C)c(F)c(C)c1. The zero-order valence-electron chi connectivity index (χ0n) is 9.32. The Balaban J connectivity index is 3.26. The van der Waals surface area contributed by atoms with Crippen molar-refractivity contribution in [1.29, 1.82) is 0 Å². The van der Waals surface area contributed by atoms with Crippen molar-refractivity contribution in [1.82, 2.24) is 0 Å². The van der Waals surface area contributed by atoms with Crippen LogP contribution in [-0.2, 0) is 5.54 Å². The first-order valence-corrected chi connectivity index (χ1v) is 4.94. The highest BCUT2D eigenvalue weighted by molar-refractivity contribution is 5.34. The molecule has 0 saturated carbocycles. The fourth-order valence-corrected chi connectivity index (χ4v) is 1.48. The van der Waals surface area contributed by atoms with Crippen LogP contribution >= 0.6 is 0 Å². The van der Waals surface area contributed by atoms with Gasteiger partial charge in [-0.25, -0.2) is 4.39 Å². The van der Waals surface area contributed by atoms with Crippen LogP contribution in [0.3, 0.4) is 0 Å². The van der Waals surface area contributed by atoms with E-state index in [-0.39, 0.29) is 11.4 Å². The van der Waals surface area contributed by atoms with Crippen molar-refractivity contribution in [3.8, 4) is 0 Å². The van der Waals surface area contributed by atoms with Gasteiger partial charge < -0.3 is 5.73 Å². The Bertz CT molecular complexity index is 319. The number of halogens is 1. The summed E-state index contributed by atoms with van der Waals surface area (Å²) in [6.07, 6.45) is 0.845. The second-order valence-electron chi connectivity index (χ2n) is 4.20. The molecule has 14 heavy (non-hydrogen) atoms. The monoisotopic (exact) mass is 195 g/mol. The van der Waals surface area contributed by atoms with Crippen LogP contribution in [0.15, 0.2) is 12.1 Å². The molecule has 78 valence electrons. The van der Waals surface area contributed by atoms with E-state index in [0.717, 1.165) is 12.0 Å². The molecule has 0 saturated heterocycles. The Morgan fingerprint density at radius 2 is 1.71 bits per heavy atom. The summed E-state index contributed by atoms with van der Waals surface area (Å²) in [6.45, 7) is 7.56. The number of nitrogens with two attached hydrogens (primary N) is 1. The van der Waals surface area contributed by atoms with Gasteiger partial charge in [-0.05, 0) is 43.9 Å². The number of rotatable bonds is 2. The lowest BCUT2D eigenvalue weighted by atomic mass is 9.88. The molecule has 2 heteroatoms. The van der Waals surface area contributed by atoms with Crippen LogP contribution in [0.1, 0.15) is 37.0 Å². The van der Waals surface area contributed by atoms with Gasteiger partial charge in [-0.1, -0.05) is 19.1 Å². The van der Waals surface area contributed by atoms with Crippen molar-refractivity contribution in [2.75, 3.05) is 0 Å². The molecule has 0 heterocycles. The van der Waals surface area contributed by atoms with Gasteiger partial charge in [0.15, 0.2) is 0 Å². The zero-order valence-corrected chi connectivity index (χ0v) is 9.32. The minimum Gasteiger partial charge on any atom is -0.322 e. The minimum absolute atomic E-state index is 0.124. The highest BCUT2D eigenvalue weighted by atomic mass is 19.1. The molecule has 0 spiro atoms. The van der Waals surface area contributed by atoms with E-state index in [4.69, 9.17) is 5.73 Å². The van der Waals surface area contributed by atoms with E-state index in [1.165, 1.54) is 0 Å². The largest absolute Gasteiger partial charge is 0.322 e. The lowest BCUT2D eigenvalue weighted by Gasteiger charge is -2.24. The second-order valence-corrected chi connectivity index (χ2v) is 4.20. The number of hydrogen-bond donors (Lipinski definition) is 1. The molecule has 0 aliphatic rings. The zero-order chi connectivity index (χ0) is 10.9. The van der Waals surface area contributed by atoms with Crippen LogP contribution in [-0.4, -0.2) is 0 Å². The molecule has 1 nitrogen and oxygen atoms in total. The van der Waals surface area contributed by atoms with Crippen molar-refractivity contribution >= 4 is 0 Å². The standard InChI is InChI=1S/C12H18FN/c1-5-12(4,14)10-6-8(2)11(13)9(3)7-10/h6-7H,5,14H2,1-4H3. The molecule has 0 aliphatic heterocycles. The van der Waals surface area contributed by atoms with Crippen LogP contribution in [0.4, 0.5) is 4.39 Å². The first kappa shape index (κ1) is 11.2. The molecule has 0 amide bonds. The van der Waals surface area contributed by atoms with E-state index >= 15 is 0 Å². The van der Waals surface area contributed by atoms with Gasteiger partial charge in [0, 0.05) is 5.54 Å². The third-order valence-corrected chi connectivity index (χ3v) is 2.83. The van der Waals surface area contributed by atoms with Crippen molar-refractivity contribution in [3.63, 3.8) is 0 Å². The Labute approximate surface area is 85.1 Å². The van der Waals surface area contributed by atoms with Crippen LogP contribution in [0.2, 0.25) is 0 Å². The first-order valence-electron chi connectivity index (χ1n) is 4.94. The van der Waals surface area contributed by atoms with Gasteiger partial charge in [0.1, 0.15) is 5.82 Å². The summed E-state index contributed by atoms with van der Waals surface area (Å²) < 4.78 is 13.4. The predicted octanol–water partition coefficient (Wildman–Crippen LogP) is 3.03. The first-order chi connectivity index (χ1) is 6.38. The van der Waals surface area contributed by atoms with Crippen molar-refractivity contribution < 1.29 is 4.39 Å². The van der Waals surface area contributed by atoms with Gasteiger partial charge in [-0.2, -0.15) is 0 Å². The van der Waals surface area contributed by atoms with E-state index in [9.17, 15) is 4.39 Å². The molecule has 1 aromatic carbocycles. The average molecular weight is 195 g/mol. The molecule has 0 fully saturated rings. The molecule has 0 aliphatic carbocycles. The summed E-state index contributed by atoms with van der Waals surface area (Å²) in [6, 6.07) is 3.68. The fraction of sp³-hybridized carbons (Fsp3) is 0.500. The van der Waals surface area contributed by atoms with Crippen molar-refractivity contribution in [3.05, 3.63) is 34.6 Å². The Morgan fingerprint density at radius 3 is 2.07 bits per heavy atom. The average Bonchev–Trinajstić information content (AvgIpc) is 2.13. The van der Waals surface area contributed by atoms with E-state index in [2.05, 4.69) is 0 Å².